The van der Waals surface area contributed by atoms with E-state index in [1.807, 2.05) is 0 Å². The van der Waals surface area contributed by atoms with Gasteiger partial charge in [0.05, 0.1) is 44.2 Å². The Morgan fingerprint density at radius 3 is 2.78 bits per heavy atom. The molecule has 1 aromatic heterocycles. The number of anilines is 2. The minimum Gasteiger partial charge on any atom is -0.453 e. The molecule has 2 aliphatic heterocycles. The number of carbonyl (C=O) groups excluding carboxylic acids is 3. The lowest BCUT2D eigenvalue weighted by atomic mass is 10.2. The van der Waals surface area contributed by atoms with E-state index in [1.165, 1.54) is 35.2 Å². The zero-order chi connectivity index (χ0) is 25.8. The second kappa shape index (κ2) is 10.5. The van der Waals surface area contributed by atoms with Gasteiger partial charge in [0, 0.05) is 19.6 Å². The number of carbonyl (C=O) groups is 3. The smallest absolute Gasteiger partial charge is 0.433 e. The van der Waals surface area contributed by atoms with Crippen molar-refractivity contribution in [2.45, 2.75) is 6.10 Å². The molecule has 14 nitrogen and oxygen atoms in total. The molecule has 0 bridgehead atoms. The summed E-state index contributed by atoms with van der Waals surface area (Å²) in [5, 5.41) is 14.5. The summed E-state index contributed by atoms with van der Waals surface area (Å²) in [6.45, 7) is 1.26. The van der Waals surface area contributed by atoms with Crippen LogP contribution in [-0.2, 0) is 9.47 Å². The molecule has 2 aliphatic rings. The van der Waals surface area contributed by atoms with Gasteiger partial charge in [-0.1, -0.05) is 0 Å². The lowest BCUT2D eigenvalue weighted by Gasteiger charge is -2.24. The number of hydrogen-bond acceptors (Lipinski definition) is 10. The largest absolute Gasteiger partial charge is 0.453 e. The number of rotatable bonds is 6. The third kappa shape index (κ3) is 5.30. The van der Waals surface area contributed by atoms with Crippen molar-refractivity contribution in [1.82, 2.24) is 15.8 Å². The maximum absolute atomic E-state index is 15.1. The molecule has 192 valence electrons. The van der Waals surface area contributed by atoms with Crippen molar-refractivity contribution in [3.63, 3.8) is 0 Å². The highest BCUT2D eigenvalue weighted by Gasteiger charge is 2.33. The molecule has 2 saturated heterocycles. The lowest BCUT2D eigenvalue weighted by molar-refractivity contribution is -0.402. The van der Waals surface area contributed by atoms with Gasteiger partial charge in [0.2, 0.25) is 5.76 Å². The maximum atomic E-state index is 15.1. The predicted molar refractivity (Wildman–Crippen MR) is 121 cm³/mol. The van der Waals surface area contributed by atoms with Crippen molar-refractivity contribution in [1.29, 1.82) is 0 Å². The molecule has 1 aromatic carbocycles. The molecule has 3 amide bonds. The molecule has 4 rings (SSSR count). The van der Waals surface area contributed by atoms with E-state index in [2.05, 4.69) is 15.5 Å². The zero-order valence-corrected chi connectivity index (χ0v) is 19.1. The number of nitrogens with one attached hydrogen (secondary N) is 2. The Balaban J connectivity index is 1.38. The van der Waals surface area contributed by atoms with Crippen molar-refractivity contribution >= 4 is 35.4 Å². The Kier molecular flexibility index (Phi) is 7.19. The standard InChI is InChI=1S/C21H23FN6O8/c1-34-20(30)23-11-14-12-26(21(31)35-14)13-2-3-16(15(22)10-13)25-7-6-24-27(9-8-25)19(29)17-4-5-18(36-17)28(32)33/h2-5,10,14,24H,6-9,11-12H2,1H3,(H,23,30)/t14-/m0/s1. The first-order chi connectivity index (χ1) is 17.3. The van der Waals surface area contributed by atoms with E-state index in [4.69, 9.17) is 9.15 Å². The first-order valence-corrected chi connectivity index (χ1v) is 10.9. The van der Waals surface area contributed by atoms with Crippen LogP contribution in [0, 0.1) is 15.9 Å². The van der Waals surface area contributed by atoms with Crippen molar-refractivity contribution in [3.8, 4) is 0 Å². The second-order valence-electron chi connectivity index (χ2n) is 7.87. The van der Waals surface area contributed by atoms with E-state index in [0.717, 1.165) is 6.07 Å². The van der Waals surface area contributed by atoms with E-state index in [-0.39, 0.29) is 37.6 Å². The minimum absolute atomic E-state index is 0.0524. The lowest BCUT2D eigenvalue weighted by Crippen LogP contribution is -2.43. The fraction of sp³-hybridized carbons (Fsp3) is 0.381. The molecular formula is C21H23FN6O8. The Labute approximate surface area is 203 Å². The number of cyclic esters (lactones) is 1. The average Bonchev–Trinajstić information content (AvgIpc) is 3.42. The summed E-state index contributed by atoms with van der Waals surface area (Å²) < 4.78 is 29.7. The fourth-order valence-corrected chi connectivity index (χ4v) is 3.85. The van der Waals surface area contributed by atoms with E-state index in [0.29, 0.717) is 18.8 Å². The molecule has 15 heteroatoms. The number of furan rings is 1. The van der Waals surface area contributed by atoms with Gasteiger partial charge in [-0.3, -0.25) is 24.8 Å². The van der Waals surface area contributed by atoms with Gasteiger partial charge in [-0.05, 0) is 24.3 Å². The van der Waals surface area contributed by atoms with Gasteiger partial charge in [-0.2, -0.15) is 0 Å². The summed E-state index contributed by atoms with van der Waals surface area (Å²) in [5.41, 5.74) is 3.48. The molecule has 36 heavy (non-hydrogen) atoms. The van der Waals surface area contributed by atoms with Crippen LogP contribution < -0.4 is 20.5 Å². The van der Waals surface area contributed by atoms with Gasteiger partial charge < -0.3 is 24.1 Å². The number of hydrogen-bond donors (Lipinski definition) is 2. The maximum Gasteiger partial charge on any atom is 0.433 e. The molecule has 0 aliphatic carbocycles. The Hall–Kier alpha value is -4.40. The summed E-state index contributed by atoms with van der Waals surface area (Å²) in [7, 11) is 1.22. The zero-order valence-electron chi connectivity index (χ0n) is 19.1. The van der Waals surface area contributed by atoms with Gasteiger partial charge >= 0.3 is 24.0 Å². The highest BCUT2D eigenvalue weighted by atomic mass is 19.1. The highest BCUT2D eigenvalue weighted by Crippen LogP contribution is 2.28. The molecule has 2 aromatic rings. The van der Waals surface area contributed by atoms with Crippen LogP contribution in [0.1, 0.15) is 10.6 Å². The second-order valence-corrected chi connectivity index (χ2v) is 7.87. The molecule has 0 saturated carbocycles. The Morgan fingerprint density at radius 2 is 2.08 bits per heavy atom. The van der Waals surface area contributed by atoms with Gasteiger partial charge in [0.25, 0.3) is 0 Å². The number of nitrogens with zero attached hydrogens (tertiary/aromatic N) is 4. The number of nitro groups is 1. The number of alkyl carbamates (subject to hydrolysis) is 1. The fourth-order valence-electron chi connectivity index (χ4n) is 3.85. The van der Waals surface area contributed by atoms with E-state index >= 15 is 4.39 Å². The van der Waals surface area contributed by atoms with Gasteiger partial charge in [0.1, 0.15) is 16.8 Å². The van der Waals surface area contributed by atoms with Crippen LogP contribution in [0.2, 0.25) is 0 Å². The van der Waals surface area contributed by atoms with Crippen molar-refractivity contribution < 1.29 is 37.6 Å². The first kappa shape index (κ1) is 24.7. The molecule has 0 radical (unpaired) electrons. The molecular weight excluding hydrogens is 483 g/mol. The number of ether oxygens (including phenoxy) is 2. The number of hydrazine groups is 1. The topological polar surface area (TPSA) is 160 Å². The molecule has 2 N–H and O–H groups in total. The minimum atomic E-state index is -0.734. The third-order valence-electron chi connectivity index (χ3n) is 5.62. The Bertz CT molecular complexity index is 1170. The molecule has 2 fully saturated rings. The number of benzene rings is 1. The number of amides is 3. The summed E-state index contributed by atoms with van der Waals surface area (Å²) in [5.74, 6) is -1.87. The predicted octanol–water partition coefficient (Wildman–Crippen LogP) is 1.48. The summed E-state index contributed by atoms with van der Waals surface area (Å²) in [6.07, 6.45) is -1.93. The molecule has 0 unspecified atom stereocenters. The molecule has 3 heterocycles. The summed E-state index contributed by atoms with van der Waals surface area (Å²) in [6, 6.07) is 6.66. The van der Waals surface area contributed by atoms with Gasteiger partial charge in [-0.25, -0.2) is 19.4 Å². The highest BCUT2D eigenvalue weighted by molar-refractivity contribution is 5.91. The van der Waals surface area contributed by atoms with Crippen LogP contribution in [0.5, 0.6) is 0 Å². The summed E-state index contributed by atoms with van der Waals surface area (Å²) in [4.78, 5) is 49.1. The molecule has 1 atom stereocenters. The van der Waals surface area contributed by atoms with E-state index in [9.17, 15) is 24.5 Å². The van der Waals surface area contributed by atoms with Crippen LogP contribution in [0.15, 0.2) is 34.7 Å². The normalized spacial score (nSPS) is 18.0. The van der Waals surface area contributed by atoms with Crippen molar-refractivity contribution in [2.75, 3.05) is 56.2 Å². The number of halogens is 1. The number of methoxy groups -OCH3 is 1. The quantitative estimate of drug-likeness (QED) is 0.434. The Morgan fingerprint density at radius 1 is 1.28 bits per heavy atom. The monoisotopic (exact) mass is 506 g/mol. The van der Waals surface area contributed by atoms with Crippen LogP contribution in [-0.4, -0.2) is 80.5 Å². The van der Waals surface area contributed by atoms with Crippen molar-refractivity contribution in [2.24, 2.45) is 0 Å². The average molecular weight is 506 g/mol. The van der Waals surface area contributed by atoms with Crippen LogP contribution in [0.4, 0.5) is 31.2 Å². The SMILES string of the molecule is COC(=O)NC[C@H]1CN(c2ccc(N3CCNN(C(=O)c4ccc([N+](=O)[O-])o4)CC3)c(F)c2)C(=O)O1. The van der Waals surface area contributed by atoms with Crippen LogP contribution in [0.3, 0.4) is 0 Å². The molecule has 0 spiro atoms. The van der Waals surface area contributed by atoms with Crippen LogP contribution >= 0.6 is 0 Å². The van der Waals surface area contributed by atoms with Gasteiger partial charge in [-0.15, -0.1) is 0 Å². The van der Waals surface area contributed by atoms with Crippen molar-refractivity contribution in [3.05, 3.63) is 52.0 Å². The van der Waals surface area contributed by atoms with Crippen LogP contribution in [0.25, 0.3) is 0 Å². The summed E-state index contributed by atoms with van der Waals surface area (Å²) >= 11 is 0. The third-order valence-corrected chi connectivity index (χ3v) is 5.62. The van der Waals surface area contributed by atoms with E-state index in [1.54, 1.807) is 11.0 Å². The van der Waals surface area contributed by atoms with Gasteiger partial charge in [0.15, 0.2) is 0 Å². The van der Waals surface area contributed by atoms with E-state index < -0.39 is 40.8 Å². The first-order valence-electron chi connectivity index (χ1n) is 10.9.